The molecule has 0 bridgehead atoms. The molecule has 33 heavy (non-hydrogen) atoms. The quantitative estimate of drug-likeness (QED) is 0.417. The van der Waals surface area contributed by atoms with Crippen LogP contribution in [0.3, 0.4) is 0 Å². The Bertz CT molecular complexity index is 780. The topological polar surface area (TPSA) is 117 Å². The Morgan fingerprint density at radius 1 is 1.00 bits per heavy atom. The average molecular weight is 463 g/mol. The molecular formula is C24H38N4O5. The van der Waals surface area contributed by atoms with Crippen molar-refractivity contribution in [1.82, 2.24) is 15.5 Å². The van der Waals surface area contributed by atoms with E-state index in [-0.39, 0.29) is 37.0 Å². The maximum Gasteiger partial charge on any atom is 0.409 e. The molecule has 0 aliphatic rings. The summed E-state index contributed by atoms with van der Waals surface area (Å²) in [4.78, 5) is 49.9. The summed E-state index contributed by atoms with van der Waals surface area (Å²) in [6.45, 7) is 8.19. The van der Waals surface area contributed by atoms with E-state index in [9.17, 15) is 19.2 Å². The van der Waals surface area contributed by atoms with Crippen LogP contribution in [-0.4, -0.2) is 54.9 Å². The van der Waals surface area contributed by atoms with Crippen molar-refractivity contribution in [1.29, 1.82) is 0 Å². The van der Waals surface area contributed by atoms with Gasteiger partial charge in [-0.25, -0.2) is 4.79 Å². The highest BCUT2D eigenvalue weighted by Crippen LogP contribution is 2.11. The van der Waals surface area contributed by atoms with Crippen LogP contribution in [0.1, 0.15) is 58.9 Å². The number of nitrogens with zero attached hydrogens (tertiary/aromatic N) is 1. The standard InChI is InChI=1S/C24H38N4O5/c1-6-8-14-28(5)24(32)33-16-18-10-12-19(13-11-18)26-21(30)15-25-23(31)22(17(3)4)27-20(29)9-7-2/h10-13,17,22H,6-9,14-16H2,1-5H3,(H,25,31)(H,26,30)(H,27,29). The van der Waals surface area contributed by atoms with E-state index in [1.807, 2.05) is 20.8 Å². The van der Waals surface area contributed by atoms with Gasteiger partial charge in [0.2, 0.25) is 17.7 Å². The number of amides is 4. The molecule has 4 amide bonds. The first-order valence-electron chi connectivity index (χ1n) is 11.5. The zero-order valence-corrected chi connectivity index (χ0v) is 20.4. The number of anilines is 1. The van der Waals surface area contributed by atoms with Gasteiger partial charge in [0, 0.05) is 25.7 Å². The lowest BCUT2D eigenvalue weighted by Crippen LogP contribution is -2.50. The second-order valence-corrected chi connectivity index (χ2v) is 8.33. The Morgan fingerprint density at radius 2 is 1.67 bits per heavy atom. The third-order valence-electron chi connectivity index (χ3n) is 4.92. The van der Waals surface area contributed by atoms with Gasteiger partial charge in [0.1, 0.15) is 12.6 Å². The number of ether oxygens (including phenoxy) is 1. The molecule has 1 aromatic rings. The number of hydrogen-bond donors (Lipinski definition) is 3. The summed E-state index contributed by atoms with van der Waals surface area (Å²) in [6.07, 6.45) is 2.59. The van der Waals surface area contributed by atoms with Crippen molar-refractivity contribution >= 4 is 29.5 Å². The van der Waals surface area contributed by atoms with E-state index >= 15 is 0 Å². The van der Waals surface area contributed by atoms with Gasteiger partial charge in [0.05, 0.1) is 6.54 Å². The molecular weight excluding hydrogens is 424 g/mol. The zero-order chi connectivity index (χ0) is 24.8. The number of hydrogen-bond acceptors (Lipinski definition) is 5. The second-order valence-electron chi connectivity index (χ2n) is 8.33. The molecule has 1 atom stereocenters. The van der Waals surface area contributed by atoms with Gasteiger partial charge in [-0.2, -0.15) is 0 Å². The fourth-order valence-corrected chi connectivity index (χ4v) is 2.92. The molecule has 1 aromatic carbocycles. The van der Waals surface area contributed by atoms with Gasteiger partial charge in [-0.15, -0.1) is 0 Å². The highest BCUT2D eigenvalue weighted by atomic mass is 16.6. The highest BCUT2D eigenvalue weighted by Gasteiger charge is 2.24. The number of rotatable bonds is 13. The third kappa shape index (κ3) is 10.9. The molecule has 1 rings (SSSR count). The Balaban J connectivity index is 2.48. The van der Waals surface area contributed by atoms with Gasteiger partial charge in [0.25, 0.3) is 0 Å². The number of carbonyl (C=O) groups is 4. The lowest BCUT2D eigenvalue weighted by atomic mass is 10.0. The molecule has 0 aliphatic carbocycles. The Morgan fingerprint density at radius 3 is 2.24 bits per heavy atom. The minimum atomic E-state index is -0.695. The van der Waals surface area contributed by atoms with E-state index in [0.717, 1.165) is 18.4 Å². The molecule has 184 valence electrons. The molecule has 0 fully saturated rings. The molecule has 0 radical (unpaired) electrons. The van der Waals surface area contributed by atoms with Crippen molar-refractivity contribution in [2.24, 2.45) is 5.92 Å². The number of benzene rings is 1. The first-order valence-corrected chi connectivity index (χ1v) is 11.5. The summed E-state index contributed by atoms with van der Waals surface area (Å²) >= 11 is 0. The molecule has 9 heteroatoms. The molecule has 1 unspecified atom stereocenters. The highest BCUT2D eigenvalue weighted by molar-refractivity contribution is 5.96. The van der Waals surface area contributed by atoms with Crippen LogP contribution in [0, 0.1) is 5.92 Å². The molecule has 0 spiro atoms. The molecule has 0 saturated carbocycles. The van der Waals surface area contributed by atoms with Crippen LogP contribution >= 0.6 is 0 Å². The average Bonchev–Trinajstić information content (AvgIpc) is 2.78. The summed E-state index contributed by atoms with van der Waals surface area (Å²) in [5, 5.41) is 7.99. The fraction of sp³-hybridized carbons (Fsp3) is 0.583. The lowest BCUT2D eigenvalue weighted by molar-refractivity contribution is -0.130. The molecule has 3 N–H and O–H groups in total. The Labute approximate surface area is 196 Å². The Kier molecular flexibility index (Phi) is 12.6. The summed E-state index contributed by atoms with van der Waals surface area (Å²) in [5.41, 5.74) is 1.35. The van der Waals surface area contributed by atoms with Crippen molar-refractivity contribution in [3.05, 3.63) is 29.8 Å². The molecule has 0 saturated heterocycles. The van der Waals surface area contributed by atoms with Crippen LogP contribution < -0.4 is 16.0 Å². The summed E-state index contributed by atoms with van der Waals surface area (Å²) in [6, 6.07) is 6.22. The van der Waals surface area contributed by atoms with Crippen LogP contribution in [-0.2, 0) is 25.7 Å². The van der Waals surface area contributed by atoms with Crippen molar-refractivity contribution < 1.29 is 23.9 Å². The smallest absolute Gasteiger partial charge is 0.409 e. The van der Waals surface area contributed by atoms with Gasteiger partial charge in [0.15, 0.2) is 0 Å². The Hall–Kier alpha value is -3.10. The van der Waals surface area contributed by atoms with Crippen molar-refractivity contribution in [2.75, 3.05) is 25.5 Å². The van der Waals surface area contributed by atoms with Crippen molar-refractivity contribution in [2.45, 2.75) is 66.0 Å². The first-order chi connectivity index (χ1) is 15.7. The van der Waals surface area contributed by atoms with Crippen molar-refractivity contribution in [3.63, 3.8) is 0 Å². The lowest BCUT2D eigenvalue weighted by Gasteiger charge is -2.21. The van der Waals surface area contributed by atoms with Crippen LogP contribution in [0.4, 0.5) is 10.5 Å². The monoisotopic (exact) mass is 462 g/mol. The zero-order valence-electron chi connectivity index (χ0n) is 20.4. The van der Waals surface area contributed by atoms with Gasteiger partial charge < -0.3 is 25.6 Å². The van der Waals surface area contributed by atoms with E-state index in [1.54, 1.807) is 36.2 Å². The van der Waals surface area contributed by atoms with E-state index < -0.39 is 11.9 Å². The molecule has 0 aliphatic heterocycles. The third-order valence-corrected chi connectivity index (χ3v) is 4.92. The number of carbonyl (C=O) groups excluding carboxylic acids is 4. The largest absolute Gasteiger partial charge is 0.445 e. The van der Waals surface area contributed by atoms with E-state index in [0.29, 0.717) is 25.1 Å². The maximum atomic E-state index is 12.4. The van der Waals surface area contributed by atoms with E-state index in [2.05, 4.69) is 22.9 Å². The van der Waals surface area contributed by atoms with Crippen LogP contribution in [0.5, 0.6) is 0 Å². The van der Waals surface area contributed by atoms with Crippen molar-refractivity contribution in [3.8, 4) is 0 Å². The number of nitrogens with one attached hydrogen (secondary N) is 3. The first kappa shape index (κ1) is 27.9. The van der Waals surface area contributed by atoms with Gasteiger partial charge >= 0.3 is 6.09 Å². The minimum absolute atomic E-state index is 0.109. The SMILES string of the molecule is CCCCN(C)C(=O)OCc1ccc(NC(=O)CNC(=O)C(NC(=O)CCC)C(C)C)cc1. The van der Waals surface area contributed by atoms with Crippen LogP contribution in [0.15, 0.2) is 24.3 Å². The predicted octanol–water partition coefficient (Wildman–Crippen LogP) is 3.05. The van der Waals surface area contributed by atoms with Crippen LogP contribution in [0.2, 0.25) is 0 Å². The summed E-state index contributed by atoms with van der Waals surface area (Å²) < 4.78 is 5.28. The number of unbranched alkanes of at least 4 members (excludes halogenated alkanes) is 1. The van der Waals surface area contributed by atoms with E-state index in [4.69, 9.17) is 4.74 Å². The van der Waals surface area contributed by atoms with Crippen LogP contribution in [0.25, 0.3) is 0 Å². The normalized spacial score (nSPS) is 11.5. The fourth-order valence-electron chi connectivity index (χ4n) is 2.92. The predicted molar refractivity (Wildman–Crippen MR) is 127 cm³/mol. The molecule has 0 heterocycles. The van der Waals surface area contributed by atoms with Gasteiger partial charge in [-0.1, -0.05) is 46.2 Å². The van der Waals surface area contributed by atoms with Gasteiger partial charge in [-0.05, 0) is 36.5 Å². The molecule has 0 aromatic heterocycles. The van der Waals surface area contributed by atoms with E-state index in [1.165, 1.54) is 0 Å². The summed E-state index contributed by atoms with van der Waals surface area (Å²) in [7, 11) is 1.71. The summed E-state index contributed by atoms with van der Waals surface area (Å²) in [5.74, 6) is -1.08. The van der Waals surface area contributed by atoms with Gasteiger partial charge in [-0.3, -0.25) is 14.4 Å². The molecule has 9 nitrogen and oxygen atoms in total. The maximum absolute atomic E-state index is 12.4. The second kappa shape index (κ2) is 14.9. The minimum Gasteiger partial charge on any atom is -0.445 e.